The molecule has 5 nitrogen and oxygen atoms in total. The normalized spacial score (nSPS) is 11.2. The summed E-state index contributed by atoms with van der Waals surface area (Å²) in [5.41, 5.74) is 6.26. The van der Waals surface area contributed by atoms with Crippen LogP contribution in [0.2, 0.25) is 0 Å². The minimum Gasteiger partial charge on any atom is -0.486 e. The molecule has 0 bridgehead atoms. The molecule has 1 heterocycles. The van der Waals surface area contributed by atoms with Gasteiger partial charge in [-0.15, -0.1) is 0 Å². The first kappa shape index (κ1) is 27.1. The molecule has 0 aliphatic carbocycles. The van der Waals surface area contributed by atoms with Crippen molar-refractivity contribution in [1.82, 2.24) is 0 Å². The summed E-state index contributed by atoms with van der Waals surface area (Å²) in [5, 5.41) is 9.22. The van der Waals surface area contributed by atoms with Gasteiger partial charge in [-0.25, -0.2) is 4.79 Å². The van der Waals surface area contributed by atoms with E-state index in [9.17, 15) is 9.90 Å². The lowest BCUT2D eigenvalue weighted by Crippen LogP contribution is -2.30. The van der Waals surface area contributed by atoms with E-state index in [-0.39, 0.29) is 12.2 Å². The molecule has 0 saturated carbocycles. The largest absolute Gasteiger partial charge is 0.486 e. The number of aromatic carboxylic acids is 1. The molecule has 0 radical (unpaired) electrons. The number of nitrogens with zero attached hydrogens (tertiary/aromatic N) is 1. The fourth-order valence-electron chi connectivity index (χ4n) is 4.85. The number of hydrogen-bond donors (Lipinski definition) is 1. The summed E-state index contributed by atoms with van der Waals surface area (Å²) >= 11 is 0. The van der Waals surface area contributed by atoms with E-state index in [0.717, 1.165) is 17.7 Å². The van der Waals surface area contributed by atoms with E-state index in [0.29, 0.717) is 23.5 Å². The molecule has 1 N–H and O–H groups in total. The van der Waals surface area contributed by atoms with E-state index in [4.69, 9.17) is 9.15 Å². The lowest BCUT2D eigenvalue weighted by Gasteiger charge is -2.30. The van der Waals surface area contributed by atoms with Gasteiger partial charge in [0.1, 0.15) is 17.9 Å². The van der Waals surface area contributed by atoms with E-state index < -0.39 is 5.97 Å². The number of carbonyl (C=O) groups is 1. The van der Waals surface area contributed by atoms with Crippen molar-refractivity contribution >= 4 is 11.7 Å². The van der Waals surface area contributed by atoms with Gasteiger partial charge >= 0.3 is 5.97 Å². The van der Waals surface area contributed by atoms with Gasteiger partial charge in [0.25, 0.3) is 0 Å². The Morgan fingerprint density at radius 3 is 2.26 bits per heavy atom. The smallest absolute Gasteiger partial charge is 0.339 e. The van der Waals surface area contributed by atoms with Crippen LogP contribution in [0.4, 0.5) is 5.69 Å². The lowest BCUT2D eigenvalue weighted by molar-refractivity contribution is 0.0692. The van der Waals surface area contributed by atoms with E-state index in [1.54, 1.807) is 0 Å². The van der Waals surface area contributed by atoms with Crippen LogP contribution < -0.4 is 9.64 Å². The van der Waals surface area contributed by atoms with E-state index in [2.05, 4.69) is 81.1 Å². The fourth-order valence-corrected chi connectivity index (χ4v) is 4.85. The molecule has 0 aliphatic heterocycles. The molecule has 0 amide bonds. The van der Waals surface area contributed by atoms with Crippen molar-refractivity contribution < 1.29 is 19.1 Å². The highest BCUT2D eigenvalue weighted by Gasteiger charge is 2.15. The monoisotopic (exact) mass is 511 g/mol. The van der Waals surface area contributed by atoms with Crippen LogP contribution in [0, 0.1) is 0 Å². The molecular weight excluding hydrogens is 474 g/mol. The first-order chi connectivity index (χ1) is 18.4. The third-order valence-electron chi connectivity index (χ3n) is 7.12. The van der Waals surface area contributed by atoms with E-state index in [1.165, 1.54) is 42.0 Å². The minimum absolute atomic E-state index is 0.0625. The van der Waals surface area contributed by atoms with Crippen LogP contribution in [0.5, 0.6) is 5.75 Å². The van der Waals surface area contributed by atoms with Gasteiger partial charge in [-0.1, -0.05) is 56.3 Å². The molecule has 198 valence electrons. The molecule has 38 heavy (non-hydrogen) atoms. The van der Waals surface area contributed by atoms with Crippen LogP contribution in [-0.4, -0.2) is 17.1 Å². The standard InChI is InChI=1S/C33H37NO4/c1-5-25(6-2)26-10-14-29(15-11-26)34(23(3)4)21-24-8-7-9-28(20-24)27-12-16-30(17-13-27)38-22-32-31(33(35)36)18-19-37-32/h7-20,23,25H,5-6,21-22H2,1-4H3,(H,35,36). The molecule has 0 unspecified atom stereocenters. The first-order valence-corrected chi connectivity index (χ1v) is 13.4. The Labute approximate surface area is 225 Å². The van der Waals surface area contributed by atoms with Crippen LogP contribution in [0.1, 0.15) is 73.7 Å². The van der Waals surface area contributed by atoms with Gasteiger partial charge < -0.3 is 19.2 Å². The second-order valence-electron chi connectivity index (χ2n) is 9.90. The predicted octanol–water partition coefficient (Wildman–Crippen LogP) is 8.54. The lowest BCUT2D eigenvalue weighted by atomic mass is 9.94. The van der Waals surface area contributed by atoms with Gasteiger partial charge in [-0.05, 0) is 91.3 Å². The number of rotatable bonds is 12. The van der Waals surface area contributed by atoms with Crippen LogP contribution >= 0.6 is 0 Å². The number of furan rings is 1. The van der Waals surface area contributed by atoms with Gasteiger partial charge in [-0.2, -0.15) is 0 Å². The first-order valence-electron chi connectivity index (χ1n) is 13.4. The molecule has 5 heteroatoms. The molecule has 0 fully saturated rings. The molecule has 0 atom stereocenters. The minimum atomic E-state index is -1.03. The van der Waals surface area contributed by atoms with Crippen molar-refractivity contribution in [2.75, 3.05) is 4.90 Å². The Balaban J connectivity index is 1.45. The zero-order chi connectivity index (χ0) is 27.1. The predicted molar refractivity (Wildman–Crippen MR) is 153 cm³/mol. The summed E-state index contributed by atoms with van der Waals surface area (Å²) in [5.74, 6) is 0.550. The zero-order valence-corrected chi connectivity index (χ0v) is 22.7. The Kier molecular flexibility index (Phi) is 8.90. The summed E-state index contributed by atoms with van der Waals surface area (Å²) in [4.78, 5) is 13.7. The fraction of sp³-hybridized carbons (Fsp3) is 0.303. The van der Waals surface area contributed by atoms with Gasteiger partial charge in [0, 0.05) is 18.3 Å². The summed E-state index contributed by atoms with van der Waals surface area (Å²) in [6.45, 7) is 9.87. The highest BCUT2D eigenvalue weighted by Crippen LogP contribution is 2.29. The molecule has 3 aromatic carbocycles. The molecule has 0 saturated heterocycles. The molecule has 1 aromatic heterocycles. The Morgan fingerprint density at radius 1 is 0.921 bits per heavy atom. The summed E-state index contributed by atoms with van der Waals surface area (Å²) in [6.07, 6.45) is 3.69. The van der Waals surface area contributed by atoms with Crippen molar-refractivity contribution in [3.05, 3.63) is 108 Å². The highest BCUT2D eigenvalue weighted by molar-refractivity contribution is 5.88. The number of ether oxygens (including phenoxy) is 1. The molecular formula is C33H37NO4. The van der Waals surface area contributed by atoms with Crippen LogP contribution in [-0.2, 0) is 13.2 Å². The number of benzene rings is 3. The SMILES string of the molecule is CCC(CC)c1ccc(N(Cc2cccc(-c3ccc(OCc4occc4C(=O)O)cc3)c2)C(C)C)cc1. The van der Waals surface area contributed by atoms with Crippen molar-refractivity contribution in [3.63, 3.8) is 0 Å². The van der Waals surface area contributed by atoms with E-state index >= 15 is 0 Å². The molecule has 0 aliphatic rings. The number of carboxylic acids is 1. The van der Waals surface area contributed by atoms with Gasteiger partial charge in [0.05, 0.1) is 6.26 Å². The van der Waals surface area contributed by atoms with E-state index in [1.807, 2.05) is 24.3 Å². The van der Waals surface area contributed by atoms with Crippen LogP contribution in [0.15, 0.2) is 89.5 Å². The van der Waals surface area contributed by atoms with Gasteiger partial charge in [0.2, 0.25) is 0 Å². The summed E-state index contributed by atoms with van der Waals surface area (Å²) < 4.78 is 11.0. The number of carboxylic acid groups (broad SMARTS) is 1. The topological polar surface area (TPSA) is 62.9 Å². The zero-order valence-electron chi connectivity index (χ0n) is 22.7. The maximum absolute atomic E-state index is 11.3. The summed E-state index contributed by atoms with van der Waals surface area (Å²) in [7, 11) is 0. The Bertz CT molecular complexity index is 1320. The Hall–Kier alpha value is -3.99. The maximum Gasteiger partial charge on any atom is 0.339 e. The summed E-state index contributed by atoms with van der Waals surface area (Å²) in [6, 6.07) is 27.4. The third kappa shape index (κ3) is 6.46. The van der Waals surface area contributed by atoms with Gasteiger partial charge in [-0.3, -0.25) is 0 Å². The number of hydrogen-bond acceptors (Lipinski definition) is 4. The van der Waals surface area contributed by atoms with Crippen molar-refractivity contribution in [2.24, 2.45) is 0 Å². The van der Waals surface area contributed by atoms with Crippen molar-refractivity contribution in [1.29, 1.82) is 0 Å². The average Bonchev–Trinajstić information content (AvgIpc) is 3.41. The second-order valence-corrected chi connectivity index (χ2v) is 9.90. The second kappa shape index (κ2) is 12.5. The highest BCUT2D eigenvalue weighted by atomic mass is 16.5. The van der Waals surface area contributed by atoms with Crippen molar-refractivity contribution in [3.8, 4) is 16.9 Å². The van der Waals surface area contributed by atoms with Crippen molar-refractivity contribution in [2.45, 2.75) is 65.6 Å². The van der Waals surface area contributed by atoms with Crippen LogP contribution in [0.25, 0.3) is 11.1 Å². The maximum atomic E-state index is 11.3. The molecule has 4 rings (SSSR count). The average molecular weight is 512 g/mol. The third-order valence-corrected chi connectivity index (χ3v) is 7.12. The molecule has 4 aromatic rings. The number of anilines is 1. The Morgan fingerprint density at radius 2 is 1.63 bits per heavy atom. The molecule has 0 spiro atoms. The van der Waals surface area contributed by atoms with Gasteiger partial charge in [0.15, 0.2) is 5.76 Å². The van der Waals surface area contributed by atoms with Crippen LogP contribution in [0.3, 0.4) is 0 Å². The quantitative estimate of drug-likeness (QED) is 0.206.